The average Bonchev–Trinajstić information content (AvgIpc) is 2.53. The quantitative estimate of drug-likeness (QED) is 0.432. The van der Waals surface area contributed by atoms with Crippen LogP contribution in [-0.2, 0) is 4.79 Å². The number of oxime groups is 1. The van der Waals surface area contributed by atoms with Gasteiger partial charge >= 0.3 is 17.1 Å². The maximum absolute atomic E-state index is 12.0. The highest BCUT2D eigenvalue weighted by Crippen LogP contribution is 2.39. The summed E-state index contributed by atoms with van der Waals surface area (Å²) in [6.07, 6.45) is 2.86. The van der Waals surface area contributed by atoms with E-state index in [1.165, 1.54) is 12.2 Å². The van der Waals surface area contributed by atoms with E-state index in [1.54, 1.807) is 6.92 Å². The van der Waals surface area contributed by atoms with Gasteiger partial charge in [-0.05, 0) is 30.6 Å². The standard InChI is InChI=1S/C16H14ClN3O6/c1-8(2)11-7-12(9(3)4-15(11)21)18-26-16-13(19(22)23)5-10(17)6-14(16)20(24)25/h4-8H,1-3H3/b18-12-. The fourth-order valence-electron chi connectivity index (χ4n) is 2.26. The molecule has 0 heterocycles. The lowest BCUT2D eigenvalue weighted by Crippen LogP contribution is -2.16. The van der Waals surface area contributed by atoms with Gasteiger partial charge in [0.2, 0.25) is 0 Å². The number of allylic oxidation sites excluding steroid dienone is 4. The smallest absolute Gasteiger partial charge is 0.323 e. The number of nitro benzene ring substituents is 2. The number of nitrogens with zero attached hydrogens (tertiary/aromatic N) is 3. The normalized spacial score (nSPS) is 15.7. The first-order valence-electron chi connectivity index (χ1n) is 7.43. The summed E-state index contributed by atoms with van der Waals surface area (Å²) in [6.45, 7) is 5.26. The van der Waals surface area contributed by atoms with E-state index in [9.17, 15) is 25.0 Å². The molecule has 1 aliphatic rings. The van der Waals surface area contributed by atoms with Crippen LogP contribution < -0.4 is 4.84 Å². The zero-order valence-corrected chi connectivity index (χ0v) is 14.8. The summed E-state index contributed by atoms with van der Waals surface area (Å²) in [5.41, 5.74) is -0.172. The van der Waals surface area contributed by atoms with E-state index in [0.717, 1.165) is 12.1 Å². The Morgan fingerprint density at radius 2 is 1.65 bits per heavy atom. The summed E-state index contributed by atoms with van der Waals surface area (Å²) < 4.78 is 0. The minimum absolute atomic E-state index is 0.0729. The van der Waals surface area contributed by atoms with Crippen LogP contribution in [0.2, 0.25) is 5.02 Å². The summed E-state index contributed by atoms with van der Waals surface area (Å²) in [5.74, 6) is -0.878. The maximum Gasteiger partial charge on any atom is 0.323 e. The van der Waals surface area contributed by atoms with Gasteiger partial charge in [-0.3, -0.25) is 25.0 Å². The zero-order chi connectivity index (χ0) is 19.6. The first-order chi connectivity index (χ1) is 12.1. The lowest BCUT2D eigenvalue weighted by molar-refractivity contribution is -0.396. The molecule has 2 rings (SSSR count). The molecule has 1 aromatic rings. The molecule has 1 aliphatic carbocycles. The zero-order valence-electron chi connectivity index (χ0n) is 14.1. The number of carbonyl (C=O) groups is 1. The van der Waals surface area contributed by atoms with Gasteiger partial charge in [0.05, 0.1) is 14.9 Å². The SMILES string of the molecule is CC1=CC(=O)C(C(C)C)=C/C1=N/Oc1c([N+](=O)[O-])cc(Cl)cc1[N+](=O)[O-]. The Morgan fingerprint density at radius 1 is 1.12 bits per heavy atom. The number of ketones is 1. The molecule has 0 atom stereocenters. The molecule has 1 aromatic carbocycles. The monoisotopic (exact) mass is 379 g/mol. The highest BCUT2D eigenvalue weighted by Gasteiger charge is 2.29. The Balaban J connectivity index is 2.53. The summed E-state index contributed by atoms with van der Waals surface area (Å²) in [7, 11) is 0. The molecular weight excluding hydrogens is 366 g/mol. The van der Waals surface area contributed by atoms with Gasteiger partial charge in [0.25, 0.3) is 0 Å². The van der Waals surface area contributed by atoms with Crippen molar-refractivity contribution in [2.24, 2.45) is 11.1 Å². The molecule has 0 saturated heterocycles. The average molecular weight is 380 g/mol. The van der Waals surface area contributed by atoms with Crippen molar-refractivity contribution in [1.82, 2.24) is 0 Å². The maximum atomic E-state index is 12.0. The van der Waals surface area contributed by atoms with E-state index in [0.29, 0.717) is 11.1 Å². The molecular formula is C16H14ClN3O6. The molecule has 0 unspecified atom stereocenters. The lowest BCUT2D eigenvalue weighted by atomic mass is 9.90. The Kier molecular flexibility index (Phi) is 5.51. The van der Waals surface area contributed by atoms with Gasteiger partial charge in [-0.1, -0.05) is 30.6 Å². The van der Waals surface area contributed by atoms with Crippen LogP contribution in [0.4, 0.5) is 11.4 Å². The summed E-state index contributed by atoms with van der Waals surface area (Å²) >= 11 is 5.70. The van der Waals surface area contributed by atoms with Crippen molar-refractivity contribution >= 4 is 34.5 Å². The first-order valence-corrected chi connectivity index (χ1v) is 7.81. The minimum atomic E-state index is -0.850. The van der Waals surface area contributed by atoms with E-state index < -0.39 is 27.0 Å². The topological polar surface area (TPSA) is 125 Å². The highest BCUT2D eigenvalue weighted by molar-refractivity contribution is 6.31. The number of carbonyl (C=O) groups excluding carboxylic acids is 1. The molecule has 136 valence electrons. The molecule has 0 aromatic heterocycles. The van der Waals surface area contributed by atoms with Crippen LogP contribution >= 0.6 is 11.6 Å². The van der Waals surface area contributed by atoms with Crippen LogP contribution in [0.15, 0.2) is 40.6 Å². The molecule has 0 fully saturated rings. The predicted octanol–water partition coefficient (Wildman–Crippen LogP) is 4.00. The summed E-state index contributed by atoms with van der Waals surface area (Å²) in [5, 5.41) is 26.0. The van der Waals surface area contributed by atoms with Crippen molar-refractivity contribution in [3.8, 4) is 5.75 Å². The van der Waals surface area contributed by atoms with Crippen molar-refractivity contribution in [1.29, 1.82) is 0 Å². The van der Waals surface area contributed by atoms with E-state index in [1.807, 2.05) is 13.8 Å². The second-order valence-corrected chi connectivity index (χ2v) is 6.24. The second-order valence-electron chi connectivity index (χ2n) is 5.80. The van der Waals surface area contributed by atoms with Gasteiger partial charge in [0.15, 0.2) is 5.78 Å². The molecule has 0 aliphatic heterocycles. The van der Waals surface area contributed by atoms with Crippen LogP contribution in [0.1, 0.15) is 20.8 Å². The van der Waals surface area contributed by atoms with Crippen LogP contribution in [0.5, 0.6) is 5.75 Å². The summed E-state index contributed by atoms with van der Waals surface area (Å²) in [4.78, 5) is 37.7. The Hall–Kier alpha value is -3.07. The van der Waals surface area contributed by atoms with Crippen molar-refractivity contribution in [3.05, 3.63) is 60.7 Å². The number of hydrogen-bond acceptors (Lipinski definition) is 7. The van der Waals surface area contributed by atoms with Gasteiger partial charge in [0, 0.05) is 17.7 Å². The molecule has 26 heavy (non-hydrogen) atoms. The Bertz CT molecular complexity index is 866. The molecule has 0 bridgehead atoms. The fraction of sp³-hybridized carbons (Fsp3) is 0.250. The molecule has 0 saturated carbocycles. The fourth-order valence-corrected chi connectivity index (χ4v) is 2.47. The third-order valence-corrected chi connectivity index (χ3v) is 3.81. The van der Waals surface area contributed by atoms with Crippen molar-refractivity contribution in [2.75, 3.05) is 0 Å². The van der Waals surface area contributed by atoms with E-state index in [-0.39, 0.29) is 22.4 Å². The predicted molar refractivity (Wildman–Crippen MR) is 94.5 cm³/mol. The molecule has 10 heteroatoms. The highest BCUT2D eigenvalue weighted by atomic mass is 35.5. The van der Waals surface area contributed by atoms with E-state index in [4.69, 9.17) is 16.4 Å². The van der Waals surface area contributed by atoms with Crippen molar-refractivity contribution in [3.63, 3.8) is 0 Å². The number of benzene rings is 1. The van der Waals surface area contributed by atoms with Crippen LogP contribution in [0.25, 0.3) is 0 Å². The molecule has 0 radical (unpaired) electrons. The lowest BCUT2D eigenvalue weighted by Gasteiger charge is -2.14. The van der Waals surface area contributed by atoms with Gasteiger partial charge in [-0.2, -0.15) is 0 Å². The number of hydrogen-bond donors (Lipinski definition) is 0. The van der Waals surface area contributed by atoms with Crippen LogP contribution in [-0.4, -0.2) is 21.3 Å². The first kappa shape index (κ1) is 19.3. The molecule has 0 spiro atoms. The summed E-state index contributed by atoms with van der Waals surface area (Å²) in [6, 6.07) is 1.87. The Labute approximate surface area is 152 Å². The van der Waals surface area contributed by atoms with Gasteiger partial charge in [-0.25, -0.2) is 0 Å². The third-order valence-electron chi connectivity index (χ3n) is 3.59. The van der Waals surface area contributed by atoms with Crippen LogP contribution in [0, 0.1) is 26.1 Å². The van der Waals surface area contributed by atoms with Crippen LogP contribution in [0.3, 0.4) is 0 Å². The van der Waals surface area contributed by atoms with Gasteiger partial charge in [0.1, 0.15) is 5.71 Å². The van der Waals surface area contributed by atoms with E-state index >= 15 is 0 Å². The van der Waals surface area contributed by atoms with E-state index in [2.05, 4.69) is 5.16 Å². The number of halogens is 1. The van der Waals surface area contributed by atoms with Gasteiger partial charge in [-0.15, -0.1) is 0 Å². The third kappa shape index (κ3) is 3.94. The minimum Gasteiger partial charge on any atom is -0.342 e. The van der Waals surface area contributed by atoms with Crippen molar-refractivity contribution in [2.45, 2.75) is 20.8 Å². The second kappa shape index (κ2) is 7.44. The molecule has 0 amide bonds. The van der Waals surface area contributed by atoms with Gasteiger partial charge < -0.3 is 4.84 Å². The molecule has 9 nitrogen and oxygen atoms in total. The van der Waals surface area contributed by atoms with Crippen molar-refractivity contribution < 1.29 is 19.5 Å². The number of rotatable bonds is 5. The number of nitro groups is 2. The molecule has 0 N–H and O–H groups in total. The largest absolute Gasteiger partial charge is 0.342 e. The Morgan fingerprint density at radius 3 is 2.12 bits per heavy atom.